The summed E-state index contributed by atoms with van der Waals surface area (Å²) >= 11 is 6.19. The van der Waals surface area contributed by atoms with Crippen LogP contribution in [0.3, 0.4) is 0 Å². The zero-order valence-electron chi connectivity index (χ0n) is 20.0. The van der Waals surface area contributed by atoms with Crippen LogP contribution in [0, 0.1) is 0 Å². The van der Waals surface area contributed by atoms with E-state index < -0.39 is 0 Å². The molecule has 0 fully saturated rings. The van der Waals surface area contributed by atoms with E-state index in [-0.39, 0.29) is 11.8 Å². The van der Waals surface area contributed by atoms with Gasteiger partial charge in [0.1, 0.15) is 0 Å². The third-order valence-corrected chi connectivity index (χ3v) is 6.73. The third kappa shape index (κ3) is 5.67. The molecule has 0 aliphatic rings. The van der Waals surface area contributed by atoms with Gasteiger partial charge < -0.3 is 9.88 Å². The van der Waals surface area contributed by atoms with Gasteiger partial charge in [-0.1, -0.05) is 78.3 Å². The molecule has 1 N–H and O–H groups in total. The highest BCUT2D eigenvalue weighted by Gasteiger charge is 2.23. The van der Waals surface area contributed by atoms with Crippen LogP contribution in [0.15, 0.2) is 109 Å². The molecule has 5 rings (SSSR count). The van der Waals surface area contributed by atoms with Gasteiger partial charge in [-0.2, -0.15) is 0 Å². The molecule has 5 aromatic rings. The van der Waals surface area contributed by atoms with Crippen molar-refractivity contribution in [2.75, 3.05) is 6.54 Å². The third-order valence-electron chi connectivity index (χ3n) is 6.48. The first-order valence-electron chi connectivity index (χ1n) is 12.2. The first kappa shape index (κ1) is 23.8. The molecular weight excluding hydrogens is 466 g/mol. The van der Waals surface area contributed by atoms with Crippen molar-refractivity contribution in [3.05, 3.63) is 137 Å². The number of aromatic nitrogens is 2. The summed E-state index contributed by atoms with van der Waals surface area (Å²) in [6.45, 7) is 1.32. The summed E-state index contributed by atoms with van der Waals surface area (Å²) < 4.78 is 2.28. The molecule has 0 unspecified atom stereocenters. The zero-order valence-corrected chi connectivity index (χ0v) is 20.7. The first-order chi connectivity index (χ1) is 17.7. The monoisotopic (exact) mass is 493 g/mol. The molecule has 2 aromatic heterocycles. The van der Waals surface area contributed by atoms with Gasteiger partial charge in [0.25, 0.3) is 0 Å². The molecule has 0 saturated carbocycles. The van der Waals surface area contributed by atoms with Crippen LogP contribution in [-0.4, -0.2) is 22.0 Å². The molecule has 0 spiro atoms. The van der Waals surface area contributed by atoms with E-state index in [1.54, 1.807) is 6.20 Å². The smallest absolute Gasteiger partial charge is 0.220 e. The Balaban J connectivity index is 1.44. The van der Waals surface area contributed by atoms with Gasteiger partial charge in [-0.05, 0) is 47.0 Å². The lowest BCUT2D eigenvalue weighted by Crippen LogP contribution is -2.27. The predicted molar refractivity (Wildman–Crippen MR) is 146 cm³/mol. The SMILES string of the molecule is O=C(C[C@H](c1ccc(Cl)cc1)c1cn(Cc2ccccc2)c2ccccc12)NCCc1ccccn1. The Morgan fingerprint density at radius 3 is 2.42 bits per heavy atom. The average molecular weight is 494 g/mol. The summed E-state index contributed by atoms with van der Waals surface area (Å²) in [5.41, 5.74) is 5.58. The van der Waals surface area contributed by atoms with Crippen molar-refractivity contribution < 1.29 is 4.79 Å². The predicted octanol–water partition coefficient (Wildman–Crippen LogP) is 6.62. The van der Waals surface area contributed by atoms with E-state index in [0.29, 0.717) is 24.4 Å². The van der Waals surface area contributed by atoms with Crippen molar-refractivity contribution in [2.24, 2.45) is 0 Å². The number of para-hydroxylation sites is 1. The summed E-state index contributed by atoms with van der Waals surface area (Å²) in [4.78, 5) is 17.5. The second-order valence-electron chi connectivity index (χ2n) is 8.94. The van der Waals surface area contributed by atoms with E-state index in [0.717, 1.165) is 34.3 Å². The van der Waals surface area contributed by atoms with E-state index in [2.05, 4.69) is 69.6 Å². The molecule has 5 heteroatoms. The van der Waals surface area contributed by atoms with Crippen LogP contribution in [0.25, 0.3) is 10.9 Å². The molecule has 36 heavy (non-hydrogen) atoms. The molecule has 1 atom stereocenters. The second-order valence-corrected chi connectivity index (χ2v) is 9.38. The van der Waals surface area contributed by atoms with Crippen LogP contribution in [0.2, 0.25) is 5.02 Å². The standard InChI is InChI=1S/C31H28ClN3O/c32-25-15-13-24(14-16-25)28(20-31(36)34-19-17-26-10-6-7-18-33-26)29-22-35(21-23-8-2-1-3-9-23)30-12-5-4-11-27(29)30/h1-16,18,22,28H,17,19-21H2,(H,34,36)/t28-/m1/s1. The van der Waals surface area contributed by atoms with Gasteiger partial charge in [0.2, 0.25) is 5.91 Å². The molecule has 1 amide bonds. The topological polar surface area (TPSA) is 46.9 Å². The molecule has 2 heterocycles. The van der Waals surface area contributed by atoms with E-state index in [1.165, 1.54) is 5.56 Å². The summed E-state index contributed by atoms with van der Waals surface area (Å²) in [6, 6.07) is 32.5. The van der Waals surface area contributed by atoms with Gasteiger partial charge in [0.05, 0.1) is 0 Å². The number of carbonyl (C=O) groups excluding carboxylic acids is 1. The van der Waals surface area contributed by atoms with Crippen LogP contribution in [-0.2, 0) is 17.8 Å². The van der Waals surface area contributed by atoms with E-state index >= 15 is 0 Å². The lowest BCUT2D eigenvalue weighted by Gasteiger charge is -2.17. The Labute approximate surface area is 216 Å². The van der Waals surface area contributed by atoms with Crippen LogP contribution < -0.4 is 5.32 Å². The molecule has 0 aliphatic heterocycles. The maximum Gasteiger partial charge on any atom is 0.220 e. The number of nitrogens with one attached hydrogen (secondary N) is 1. The van der Waals surface area contributed by atoms with Crippen LogP contribution in [0.1, 0.15) is 34.7 Å². The van der Waals surface area contributed by atoms with Gasteiger partial charge in [-0.25, -0.2) is 0 Å². The molecule has 0 radical (unpaired) electrons. The Kier molecular flexibility index (Phi) is 7.44. The number of hydrogen-bond donors (Lipinski definition) is 1. The maximum atomic E-state index is 13.1. The number of rotatable bonds is 9. The van der Waals surface area contributed by atoms with Gasteiger partial charge in [-0.15, -0.1) is 0 Å². The fraction of sp³-hybridized carbons (Fsp3) is 0.161. The molecule has 0 aliphatic carbocycles. The van der Waals surface area contributed by atoms with Crippen molar-refractivity contribution in [3.8, 4) is 0 Å². The fourth-order valence-electron chi connectivity index (χ4n) is 4.70. The Bertz CT molecular complexity index is 1430. The van der Waals surface area contributed by atoms with Crippen molar-refractivity contribution in [2.45, 2.75) is 25.3 Å². The lowest BCUT2D eigenvalue weighted by atomic mass is 9.88. The van der Waals surface area contributed by atoms with Crippen molar-refractivity contribution in [3.63, 3.8) is 0 Å². The van der Waals surface area contributed by atoms with Gasteiger partial charge in [-0.3, -0.25) is 9.78 Å². The maximum absolute atomic E-state index is 13.1. The summed E-state index contributed by atoms with van der Waals surface area (Å²) in [7, 11) is 0. The normalized spacial score (nSPS) is 11.9. The van der Waals surface area contributed by atoms with Crippen molar-refractivity contribution in [1.82, 2.24) is 14.9 Å². The molecule has 0 saturated heterocycles. The van der Waals surface area contributed by atoms with Gasteiger partial charge >= 0.3 is 0 Å². The molecular formula is C31H28ClN3O. The average Bonchev–Trinajstić information content (AvgIpc) is 3.27. The summed E-state index contributed by atoms with van der Waals surface area (Å²) in [6.07, 6.45) is 5.04. The van der Waals surface area contributed by atoms with Crippen LogP contribution >= 0.6 is 11.6 Å². The minimum Gasteiger partial charge on any atom is -0.356 e. The molecule has 4 nitrogen and oxygen atoms in total. The largest absolute Gasteiger partial charge is 0.356 e. The Morgan fingerprint density at radius 2 is 1.64 bits per heavy atom. The van der Waals surface area contributed by atoms with Crippen LogP contribution in [0.5, 0.6) is 0 Å². The van der Waals surface area contributed by atoms with Gasteiger partial charge in [0, 0.05) is 65.9 Å². The van der Waals surface area contributed by atoms with Crippen molar-refractivity contribution >= 4 is 28.4 Å². The molecule has 3 aromatic carbocycles. The zero-order chi connectivity index (χ0) is 24.7. The Hall–Kier alpha value is -3.89. The number of amides is 1. The lowest BCUT2D eigenvalue weighted by molar-refractivity contribution is -0.121. The highest BCUT2D eigenvalue weighted by Crippen LogP contribution is 2.35. The quantitative estimate of drug-likeness (QED) is 0.251. The number of fused-ring (bicyclic) bond motifs is 1. The second kappa shape index (κ2) is 11.2. The fourth-order valence-corrected chi connectivity index (χ4v) is 4.83. The summed E-state index contributed by atoms with van der Waals surface area (Å²) in [5, 5.41) is 4.94. The number of pyridine rings is 1. The van der Waals surface area contributed by atoms with Crippen molar-refractivity contribution in [1.29, 1.82) is 0 Å². The number of benzene rings is 3. The number of halogens is 1. The first-order valence-corrected chi connectivity index (χ1v) is 12.6. The highest BCUT2D eigenvalue weighted by molar-refractivity contribution is 6.30. The van der Waals surface area contributed by atoms with E-state index in [1.807, 2.05) is 48.5 Å². The Morgan fingerprint density at radius 1 is 0.889 bits per heavy atom. The number of carbonyl (C=O) groups is 1. The number of nitrogens with zero attached hydrogens (tertiary/aromatic N) is 2. The molecule has 180 valence electrons. The van der Waals surface area contributed by atoms with Crippen LogP contribution in [0.4, 0.5) is 0 Å². The summed E-state index contributed by atoms with van der Waals surface area (Å²) in [5.74, 6) is -0.0789. The van der Waals surface area contributed by atoms with E-state index in [4.69, 9.17) is 11.6 Å². The van der Waals surface area contributed by atoms with Gasteiger partial charge in [0.15, 0.2) is 0 Å². The highest BCUT2D eigenvalue weighted by atomic mass is 35.5. The number of hydrogen-bond acceptors (Lipinski definition) is 2. The molecule has 0 bridgehead atoms. The van der Waals surface area contributed by atoms with E-state index in [9.17, 15) is 4.79 Å². The minimum absolute atomic E-state index is 0.0192. The minimum atomic E-state index is -0.0981.